The maximum atomic E-state index is 11.1. The van der Waals surface area contributed by atoms with Crippen molar-refractivity contribution < 1.29 is 9.59 Å². The van der Waals surface area contributed by atoms with Gasteiger partial charge in [-0.2, -0.15) is 0 Å². The molecule has 13 heavy (non-hydrogen) atoms. The fourth-order valence-corrected chi connectivity index (χ4v) is 1.06. The molecule has 5 heteroatoms. The SMILES string of the molecule is O=C1C=CC(=O)N1c1cncnc1. The fraction of sp³-hybridized carbons (Fsp3) is 0. The van der Waals surface area contributed by atoms with Crippen molar-refractivity contribution >= 4 is 17.5 Å². The number of carbonyl (C=O) groups excluding carboxylic acids is 2. The van der Waals surface area contributed by atoms with Crippen LogP contribution in [-0.4, -0.2) is 21.8 Å². The summed E-state index contributed by atoms with van der Waals surface area (Å²) in [6.45, 7) is 0. The number of anilines is 1. The van der Waals surface area contributed by atoms with Crippen LogP contribution >= 0.6 is 0 Å². The van der Waals surface area contributed by atoms with E-state index >= 15 is 0 Å². The molecule has 1 aromatic rings. The lowest BCUT2D eigenvalue weighted by atomic mass is 10.4. The van der Waals surface area contributed by atoms with Crippen LogP contribution in [0.15, 0.2) is 30.9 Å². The van der Waals surface area contributed by atoms with Gasteiger partial charge in [0.25, 0.3) is 11.8 Å². The molecule has 0 N–H and O–H groups in total. The van der Waals surface area contributed by atoms with E-state index in [0.717, 1.165) is 4.90 Å². The quantitative estimate of drug-likeness (QED) is 0.559. The van der Waals surface area contributed by atoms with Crippen molar-refractivity contribution in [2.45, 2.75) is 0 Å². The van der Waals surface area contributed by atoms with E-state index in [1.807, 2.05) is 0 Å². The zero-order valence-corrected chi connectivity index (χ0v) is 6.54. The number of carbonyl (C=O) groups is 2. The van der Waals surface area contributed by atoms with Gasteiger partial charge in [0.05, 0.1) is 18.1 Å². The van der Waals surface area contributed by atoms with Crippen LogP contribution in [0.2, 0.25) is 0 Å². The van der Waals surface area contributed by atoms with Gasteiger partial charge in [0.15, 0.2) is 0 Å². The topological polar surface area (TPSA) is 63.2 Å². The molecule has 64 valence electrons. The first kappa shape index (κ1) is 7.60. The maximum Gasteiger partial charge on any atom is 0.258 e. The van der Waals surface area contributed by atoms with Gasteiger partial charge in [0.1, 0.15) is 6.33 Å². The third kappa shape index (κ3) is 1.20. The number of imide groups is 1. The van der Waals surface area contributed by atoms with Gasteiger partial charge < -0.3 is 0 Å². The summed E-state index contributed by atoms with van der Waals surface area (Å²) in [5.74, 6) is -0.723. The van der Waals surface area contributed by atoms with Crippen LogP contribution < -0.4 is 4.90 Å². The molecule has 1 aliphatic rings. The highest BCUT2D eigenvalue weighted by molar-refractivity contribution is 6.27. The third-order valence-electron chi connectivity index (χ3n) is 1.61. The molecule has 0 radical (unpaired) electrons. The highest BCUT2D eigenvalue weighted by atomic mass is 16.2. The predicted molar refractivity (Wildman–Crippen MR) is 43.7 cm³/mol. The molecule has 0 saturated carbocycles. The molecule has 2 heterocycles. The zero-order chi connectivity index (χ0) is 9.26. The smallest absolute Gasteiger partial charge is 0.258 e. The first-order valence-corrected chi connectivity index (χ1v) is 3.60. The summed E-state index contributed by atoms with van der Waals surface area (Å²) >= 11 is 0. The number of nitrogens with zero attached hydrogens (tertiary/aromatic N) is 3. The second-order valence-corrected chi connectivity index (χ2v) is 2.44. The van der Waals surface area contributed by atoms with Gasteiger partial charge in [-0.05, 0) is 0 Å². The summed E-state index contributed by atoms with van der Waals surface area (Å²) in [5, 5.41) is 0. The zero-order valence-electron chi connectivity index (χ0n) is 6.54. The monoisotopic (exact) mass is 175 g/mol. The highest BCUT2D eigenvalue weighted by Crippen LogP contribution is 2.15. The Labute approximate surface area is 73.7 Å². The van der Waals surface area contributed by atoms with Crippen LogP contribution in [0.5, 0.6) is 0 Å². The second kappa shape index (κ2) is 2.78. The minimum atomic E-state index is -0.361. The van der Waals surface area contributed by atoms with Crippen molar-refractivity contribution in [1.82, 2.24) is 9.97 Å². The first-order chi connectivity index (χ1) is 6.29. The van der Waals surface area contributed by atoms with Crippen molar-refractivity contribution in [2.24, 2.45) is 0 Å². The van der Waals surface area contributed by atoms with E-state index in [2.05, 4.69) is 9.97 Å². The largest absolute Gasteiger partial charge is 0.269 e. The Morgan fingerprint density at radius 3 is 2.08 bits per heavy atom. The second-order valence-electron chi connectivity index (χ2n) is 2.44. The van der Waals surface area contributed by atoms with Gasteiger partial charge in [-0.25, -0.2) is 14.9 Å². The Hall–Kier alpha value is -2.04. The Kier molecular flexibility index (Phi) is 1.63. The maximum absolute atomic E-state index is 11.1. The summed E-state index contributed by atoms with van der Waals surface area (Å²) in [7, 11) is 0. The van der Waals surface area contributed by atoms with Gasteiger partial charge in [-0.3, -0.25) is 9.59 Å². The van der Waals surface area contributed by atoms with E-state index in [0.29, 0.717) is 5.69 Å². The van der Waals surface area contributed by atoms with Gasteiger partial charge in [-0.15, -0.1) is 0 Å². The number of rotatable bonds is 1. The minimum absolute atomic E-state index is 0.361. The van der Waals surface area contributed by atoms with E-state index in [1.54, 1.807) is 0 Å². The lowest BCUT2D eigenvalue weighted by molar-refractivity contribution is -0.119. The van der Waals surface area contributed by atoms with E-state index in [9.17, 15) is 9.59 Å². The Morgan fingerprint density at radius 1 is 1.00 bits per heavy atom. The number of amides is 2. The lowest BCUT2D eigenvalue weighted by Gasteiger charge is -2.11. The van der Waals surface area contributed by atoms with Gasteiger partial charge in [0.2, 0.25) is 0 Å². The molecule has 0 unspecified atom stereocenters. The van der Waals surface area contributed by atoms with Crippen molar-refractivity contribution in [3.63, 3.8) is 0 Å². The molecule has 2 amide bonds. The first-order valence-electron chi connectivity index (χ1n) is 3.60. The number of hydrogen-bond donors (Lipinski definition) is 0. The average Bonchev–Trinajstić information content (AvgIpc) is 2.48. The standard InChI is InChI=1S/C8H5N3O2/c12-7-1-2-8(13)11(7)6-3-9-5-10-4-6/h1-5H. The number of hydrogen-bond acceptors (Lipinski definition) is 4. The molecule has 0 aliphatic carbocycles. The van der Waals surface area contributed by atoms with E-state index in [-0.39, 0.29) is 11.8 Å². The molecule has 0 bridgehead atoms. The van der Waals surface area contributed by atoms with E-state index in [4.69, 9.17) is 0 Å². The fourth-order valence-electron chi connectivity index (χ4n) is 1.06. The van der Waals surface area contributed by atoms with E-state index in [1.165, 1.54) is 30.9 Å². The number of aromatic nitrogens is 2. The van der Waals surface area contributed by atoms with Crippen LogP contribution in [0.4, 0.5) is 5.69 Å². The summed E-state index contributed by atoms with van der Waals surface area (Å²) in [4.78, 5) is 30.7. The van der Waals surface area contributed by atoms with Crippen LogP contribution in [0.25, 0.3) is 0 Å². The van der Waals surface area contributed by atoms with Crippen LogP contribution in [0, 0.1) is 0 Å². The molecular formula is C8H5N3O2. The van der Waals surface area contributed by atoms with Crippen molar-refractivity contribution in [3.8, 4) is 0 Å². The van der Waals surface area contributed by atoms with Crippen LogP contribution in [0.3, 0.4) is 0 Å². The molecular weight excluding hydrogens is 170 g/mol. The Morgan fingerprint density at radius 2 is 1.54 bits per heavy atom. The van der Waals surface area contributed by atoms with Crippen molar-refractivity contribution in [1.29, 1.82) is 0 Å². The van der Waals surface area contributed by atoms with Crippen LogP contribution in [-0.2, 0) is 9.59 Å². The van der Waals surface area contributed by atoms with Gasteiger partial charge in [-0.1, -0.05) is 0 Å². The third-order valence-corrected chi connectivity index (χ3v) is 1.61. The molecule has 0 fully saturated rings. The summed E-state index contributed by atoms with van der Waals surface area (Å²) in [5.41, 5.74) is 0.391. The van der Waals surface area contributed by atoms with Gasteiger partial charge in [0, 0.05) is 12.2 Å². The van der Waals surface area contributed by atoms with Crippen LogP contribution in [0.1, 0.15) is 0 Å². The summed E-state index contributed by atoms with van der Waals surface area (Å²) < 4.78 is 0. The molecule has 2 rings (SSSR count). The van der Waals surface area contributed by atoms with Gasteiger partial charge >= 0.3 is 0 Å². The normalized spacial score (nSPS) is 15.5. The van der Waals surface area contributed by atoms with E-state index < -0.39 is 0 Å². The molecule has 0 aromatic carbocycles. The molecule has 0 saturated heterocycles. The minimum Gasteiger partial charge on any atom is -0.269 e. The molecule has 5 nitrogen and oxygen atoms in total. The molecule has 1 aromatic heterocycles. The summed E-state index contributed by atoms with van der Waals surface area (Å²) in [6, 6.07) is 0. The lowest BCUT2D eigenvalue weighted by Crippen LogP contribution is -2.29. The Balaban J connectivity index is 2.38. The van der Waals surface area contributed by atoms with Crippen molar-refractivity contribution in [3.05, 3.63) is 30.9 Å². The summed E-state index contributed by atoms with van der Waals surface area (Å²) in [6.07, 6.45) is 6.60. The highest BCUT2D eigenvalue weighted by Gasteiger charge is 2.25. The molecule has 1 aliphatic heterocycles. The Bertz CT molecular complexity index is 368. The average molecular weight is 175 g/mol. The predicted octanol–water partition coefficient (Wildman–Crippen LogP) is -0.0940. The molecule has 0 spiro atoms. The van der Waals surface area contributed by atoms with Crippen molar-refractivity contribution in [2.75, 3.05) is 4.90 Å². The molecule has 0 atom stereocenters.